The number of amides is 2. The van der Waals surface area contributed by atoms with E-state index in [0.717, 1.165) is 44.3 Å². The fourth-order valence-electron chi connectivity index (χ4n) is 2.88. The van der Waals surface area contributed by atoms with E-state index >= 15 is 0 Å². The molecule has 1 aliphatic rings. The Balaban J connectivity index is 1.76. The first-order chi connectivity index (χ1) is 12.5. The van der Waals surface area contributed by atoms with E-state index < -0.39 is 0 Å². The summed E-state index contributed by atoms with van der Waals surface area (Å²) >= 11 is 0. The summed E-state index contributed by atoms with van der Waals surface area (Å²) in [6.07, 6.45) is 5.28. The number of carbonyl (C=O) groups excluding carboxylic acids is 2. The van der Waals surface area contributed by atoms with Gasteiger partial charge in [-0.1, -0.05) is 12.5 Å². The Morgan fingerprint density at radius 2 is 2.12 bits per heavy atom. The number of hydrogen-bond donors (Lipinski definition) is 2. The maximum Gasteiger partial charge on any atom is 0.224 e. The Hall–Kier alpha value is -2.08. The predicted octanol–water partition coefficient (Wildman–Crippen LogP) is 3.19. The van der Waals surface area contributed by atoms with Gasteiger partial charge in [0.2, 0.25) is 11.8 Å². The van der Waals surface area contributed by atoms with Gasteiger partial charge in [-0.3, -0.25) is 9.59 Å². The summed E-state index contributed by atoms with van der Waals surface area (Å²) in [5.41, 5.74) is 1.79. The van der Waals surface area contributed by atoms with Crippen LogP contribution in [0.3, 0.4) is 0 Å². The number of unbranched alkanes of at least 4 members (excludes halogenated alkanes) is 2. The first-order valence-corrected chi connectivity index (χ1v) is 9.44. The normalized spacial score (nSPS) is 16.3. The van der Waals surface area contributed by atoms with Crippen molar-refractivity contribution in [2.24, 2.45) is 0 Å². The molecule has 2 rings (SSSR count). The molecule has 0 spiro atoms. The molecule has 1 heterocycles. The van der Waals surface area contributed by atoms with Crippen molar-refractivity contribution in [3.05, 3.63) is 23.8 Å². The maximum atomic E-state index is 12.2. The van der Waals surface area contributed by atoms with Crippen molar-refractivity contribution in [3.8, 4) is 5.75 Å². The Morgan fingerprint density at radius 3 is 2.85 bits per heavy atom. The molecule has 1 atom stereocenters. The SMILES string of the molecule is CC(=O)NCCCCCC(=O)Nc1ccc(C)cc1OCC1CCCO1. The number of rotatable bonds is 10. The van der Waals surface area contributed by atoms with E-state index in [-0.39, 0.29) is 17.9 Å². The van der Waals surface area contributed by atoms with Crippen LogP contribution in [0.25, 0.3) is 0 Å². The summed E-state index contributed by atoms with van der Waals surface area (Å²) < 4.78 is 11.5. The van der Waals surface area contributed by atoms with Crippen molar-refractivity contribution < 1.29 is 19.1 Å². The summed E-state index contributed by atoms with van der Waals surface area (Å²) in [5.74, 6) is 0.660. The van der Waals surface area contributed by atoms with Crippen LogP contribution in [0.2, 0.25) is 0 Å². The van der Waals surface area contributed by atoms with Gasteiger partial charge < -0.3 is 20.1 Å². The van der Waals surface area contributed by atoms with Crippen LogP contribution in [-0.4, -0.2) is 37.7 Å². The molecule has 1 unspecified atom stereocenters. The second-order valence-corrected chi connectivity index (χ2v) is 6.79. The quantitative estimate of drug-likeness (QED) is 0.627. The predicted molar refractivity (Wildman–Crippen MR) is 101 cm³/mol. The van der Waals surface area contributed by atoms with Crippen molar-refractivity contribution >= 4 is 17.5 Å². The molecule has 0 bridgehead atoms. The second kappa shape index (κ2) is 10.8. The highest BCUT2D eigenvalue weighted by atomic mass is 16.5. The minimum absolute atomic E-state index is 0.0161. The largest absolute Gasteiger partial charge is 0.489 e. The van der Waals surface area contributed by atoms with Gasteiger partial charge in [0.05, 0.1) is 11.8 Å². The molecule has 0 radical (unpaired) electrons. The number of benzene rings is 1. The van der Waals surface area contributed by atoms with E-state index in [9.17, 15) is 9.59 Å². The van der Waals surface area contributed by atoms with Gasteiger partial charge in [-0.15, -0.1) is 0 Å². The Bertz CT molecular complexity index is 597. The van der Waals surface area contributed by atoms with Crippen LogP contribution in [0.15, 0.2) is 18.2 Å². The third-order valence-electron chi connectivity index (χ3n) is 4.31. The molecule has 0 saturated carbocycles. The van der Waals surface area contributed by atoms with Crippen molar-refractivity contribution in [2.75, 3.05) is 25.1 Å². The third-order valence-corrected chi connectivity index (χ3v) is 4.31. The highest BCUT2D eigenvalue weighted by Gasteiger charge is 2.17. The van der Waals surface area contributed by atoms with Crippen LogP contribution in [0.1, 0.15) is 51.0 Å². The summed E-state index contributed by atoms with van der Waals surface area (Å²) in [6, 6.07) is 5.79. The molecule has 1 aliphatic heterocycles. The maximum absolute atomic E-state index is 12.2. The van der Waals surface area contributed by atoms with Gasteiger partial charge in [-0.2, -0.15) is 0 Å². The molecule has 1 aromatic carbocycles. The van der Waals surface area contributed by atoms with Crippen molar-refractivity contribution in [1.29, 1.82) is 0 Å². The van der Waals surface area contributed by atoms with Gasteiger partial charge >= 0.3 is 0 Å². The molecule has 0 aliphatic carbocycles. The van der Waals surface area contributed by atoms with Crippen LogP contribution >= 0.6 is 0 Å². The van der Waals surface area contributed by atoms with Gasteiger partial charge in [0.25, 0.3) is 0 Å². The van der Waals surface area contributed by atoms with Crippen LogP contribution in [0, 0.1) is 6.92 Å². The minimum Gasteiger partial charge on any atom is -0.489 e. The van der Waals surface area contributed by atoms with E-state index in [1.807, 2.05) is 25.1 Å². The first kappa shape index (κ1) is 20.2. The van der Waals surface area contributed by atoms with Gasteiger partial charge in [-0.25, -0.2) is 0 Å². The summed E-state index contributed by atoms with van der Waals surface area (Å²) in [5, 5.41) is 5.70. The molecule has 6 nitrogen and oxygen atoms in total. The molecule has 144 valence electrons. The average molecular weight is 362 g/mol. The molecule has 6 heteroatoms. The molecule has 2 amide bonds. The monoisotopic (exact) mass is 362 g/mol. The van der Waals surface area contributed by atoms with Gasteiger partial charge in [-0.05, 0) is 50.3 Å². The second-order valence-electron chi connectivity index (χ2n) is 6.79. The number of nitrogens with one attached hydrogen (secondary N) is 2. The van der Waals surface area contributed by atoms with Crippen molar-refractivity contribution in [1.82, 2.24) is 5.32 Å². The lowest BCUT2D eigenvalue weighted by molar-refractivity contribution is -0.119. The smallest absolute Gasteiger partial charge is 0.224 e. The summed E-state index contributed by atoms with van der Waals surface area (Å²) in [4.78, 5) is 23.0. The first-order valence-electron chi connectivity index (χ1n) is 9.44. The fourth-order valence-corrected chi connectivity index (χ4v) is 2.88. The van der Waals surface area contributed by atoms with Crippen LogP contribution < -0.4 is 15.4 Å². The molecular formula is C20H30N2O4. The summed E-state index contributed by atoms with van der Waals surface area (Å²) in [6.45, 7) is 5.48. The number of ether oxygens (including phenoxy) is 2. The van der Waals surface area contributed by atoms with E-state index in [4.69, 9.17) is 9.47 Å². The highest BCUT2D eigenvalue weighted by Crippen LogP contribution is 2.27. The average Bonchev–Trinajstić information content (AvgIpc) is 3.11. The minimum atomic E-state index is -0.0182. The third kappa shape index (κ3) is 7.44. The Morgan fingerprint density at radius 1 is 1.27 bits per heavy atom. The Labute approximate surface area is 155 Å². The van der Waals surface area contributed by atoms with Crippen LogP contribution in [-0.2, 0) is 14.3 Å². The number of carbonyl (C=O) groups is 2. The van der Waals surface area contributed by atoms with E-state index in [2.05, 4.69) is 10.6 Å². The van der Waals surface area contributed by atoms with Crippen molar-refractivity contribution in [2.45, 2.75) is 58.5 Å². The molecule has 0 aromatic heterocycles. The lowest BCUT2D eigenvalue weighted by atomic mass is 10.1. The molecule has 2 N–H and O–H groups in total. The Kier molecular flexibility index (Phi) is 8.41. The zero-order chi connectivity index (χ0) is 18.8. The lowest BCUT2D eigenvalue weighted by Gasteiger charge is -2.16. The zero-order valence-corrected chi connectivity index (χ0v) is 15.8. The molecule has 1 saturated heterocycles. The van der Waals surface area contributed by atoms with Crippen LogP contribution in [0.5, 0.6) is 5.75 Å². The highest BCUT2D eigenvalue weighted by molar-refractivity contribution is 5.92. The topological polar surface area (TPSA) is 76.7 Å². The van der Waals surface area contributed by atoms with E-state index in [0.29, 0.717) is 31.0 Å². The molecular weight excluding hydrogens is 332 g/mol. The lowest BCUT2D eigenvalue weighted by Crippen LogP contribution is -2.20. The molecule has 26 heavy (non-hydrogen) atoms. The zero-order valence-electron chi connectivity index (χ0n) is 15.8. The fraction of sp³-hybridized carbons (Fsp3) is 0.600. The van der Waals surface area contributed by atoms with Gasteiger partial charge in [0, 0.05) is 26.5 Å². The van der Waals surface area contributed by atoms with Crippen LogP contribution in [0.4, 0.5) is 5.69 Å². The molecule has 1 fully saturated rings. The van der Waals surface area contributed by atoms with E-state index in [1.165, 1.54) is 6.92 Å². The number of hydrogen-bond acceptors (Lipinski definition) is 4. The standard InChI is InChI=1S/C20H30N2O4/c1-15-9-10-18(19(13-15)26-14-17-7-6-12-25-17)22-20(24)8-4-3-5-11-21-16(2)23/h9-10,13,17H,3-8,11-12,14H2,1-2H3,(H,21,23)(H,22,24). The van der Waals surface area contributed by atoms with E-state index in [1.54, 1.807) is 0 Å². The van der Waals surface area contributed by atoms with Gasteiger partial charge in [0.1, 0.15) is 12.4 Å². The van der Waals surface area contributed by atoms with Crippen molar-refractivity contribution in [3.63, 3.8) is 0 Å². The molecule has 1 aromatic rings. The van der Waals surface area contributed by atoms with Gasteiger partial charge in [0.15, 0.2) is 0 Å². The summed E-state index contributed by atoms with van der Waals surface area (Å²) in [7, 11) is 0. The number of anilines is 1. The number of aryl methyl sites for hydroxylation is 1.